The van der Waals surface area contributed by atoms with Crippen LogP contribution in [0.2, 0.25) is 0 Å². The van der Waals surface area contributed by atoms with Crippen molar-refractivity contribution < 1.29 is 9.31 Å². The molecule has 0 aliphatic rings. The number of nitrogens with zero attached hydrogens (tertiary/aromatic N) is 3. The second kappa shape index (κ2) is 3.57. The monoisotopic (exact) mass is 223 g/mol. The highest BCUT2D eigenvalue weighted by molar-refractivity contribution is 5.68. The lowest BCUT2D eigenvalue weighted by atomic mass is 10.1. The van der Waals surface area contributed by atoms with Gasteiger partial charge in [0.1, 0.15) is 5.82 Å². The second-order valence-corrected chi connectivity index (χ2v) is 2.96. The molecule has 2 aromatic rings. The standard InChI is InChI=1S/C8H6FN5O2/c9-4-1-2-5(6(3-4)14(15)16)7-11-8(10)13-12-7/h1-3H,(H3,10,11,12,13). The molecule has 3 N–H and O–H groups in total. The fraction of sp³-hybridized carbons (Fsp3) is 0. The normalized spacial score (nSPS) is 10.3. The Kier molecular flexibility index (Phi) is 2.24. The van der Waals surface area contributed by atoms with Gasteiger partial charge in [0.2, 0.25) is 5.95 Å². The van der Waals surface area contributed by atoms with Crippen LogP contribution in [0.15, 0.2) is 18.2 Å². The van der Waals surface area contributed by atoms with Gasteiger partial charge in [-0.25, -0.2) is 4.39 Å². The van der Waals surface area contributed by atoms with E-state index in [1.54, 1.807) is 0 Å². The van der Waals surface area contributed by atoms with Gasteiger partial charge in [-0.05, 0) is 12.1 Å². The molecule has 1 heterocycles. The molecule has 0 atom stereocenters. The highest BCUT2D eigenvalue weighted by Gasteiger charge is 2.18. The molecule has 1 aromatic heterocycles. The summed E-state index contributed by atoms with van der Waals surface area (Å²) in [5.41, 5.74) is 5.02. The van der Waals surface area contributed by atoms with E-state index in [1.165, 1.54) is 6.07 Å². The van der Waals surface area contributed by atoms with E-state index in [2.05, 4.69) is 15.2 Å². The van der Waals surface area contributed by atoms with Gasteiger partial charge in [-0.15, -0.1) is 5.10 Å². The van der Waals surface area contributed by atoms with Gasteiger partial charge in [0, 0.05) is 0 Å². The largest absolute Gasteiger partial charge is 0.366 e. The van der Waals surface area contributed by atoms with Crippen LogP contribution in [-0.2, 0) is 0 Å². The van der Waals surface area contributed by atoms with Gasteiger partial charge in [-0.3, -0.25) is 15.2 Å². The van der Waals surface area contributed by atoms with Gasteiger partial charge in [0.25, 0.3) is 5.69 Å². The third-order valence-electron chi connectivity index (χ3n) is 1.91. The summed E-state index contributed by atoms with van der Waals surface area (Å²) in [6.07, 6.45) is 0. The summed E-state index contributed by atoms with van der Waals surface area (Å²) in [6.45, 7) is 0. The molecule has 0 fully saturated rings. The topological polar surface area (TPSA) is 111 Å². The summed E-state index contributed by atoms with van der Waals surface area (Å²) in [5, 5.41) is 16.7. The summed E-state index contributed by atoms with van der Waals surface area (Å²) in [4.78, 5) is 13.7. The first-order chi connectivity index (χ1) is 7.58. The van der Waals surface area contributed by atoms with Gasteiger partial charge in [-0.1, -0.05) is 0 Å². The number of nitro groups is 1. The van der Waals surface area contributed by atoms with Crippen molar-refractivity contribution in [3.05, 3.63) is 34.1 Å². The summed E-state index contributed by atoms with van der Waals surface area (Å²) >= 11 is 0. The highest BCUT2D eigenvalue weighted by atomic mass is 19.1. The molecule has 0 radical (unpaired) electrons. The number of nitro benzene ring substituents is 1. The van der Waals surface area contributed by atoms with Crippen LogP contribution in [0.4, 0.5) is 16.0 Å². The quantitative estimate of drug-likeness (QED) is 0.585. The molecule has 0 bridgehead atoms. The molecule has 0 amide bonds. The van der Waals surface area contributed by atoms with Crippen LogP contribution in [0.25, 0.3) is 11.4 Å². The first kappa shape index (κ1) is 10.0. The van der Waals surface area contributed by atoms with Gasteiger partial charge in [0.15, 0.2) is 5.82 Å². The van der Waals surface area contributed by atoms with Crippen molar-refractivity contribution in [1.82, 2.24) is 15.2 Å². The Bertz CT molecular complexity index is 553. The maximum Gasteiger partial charge on any atom is 0.283 e. The van der Waals surface area contributed by atoms with E-state index in [4.69, 9.17) is 5.73 Å². The summed E-state index contributed by atoms with van der Waals surface area (Å²) in [6, 6.07) is 3.16. The Balaban J connectivity index is 2.60. The molecule has 0 saturated heterocycles. The van der Waals surface area contributed by atoms with Crippen molar-refractivity contribution in [2.75, 3.05) is 5.73 Å². The van der Waals surface area contributed by atoms with Gasteiger partial charge in [0.05, 0.1) is 16.6 Å². The predicted octanol–water partition coefficient (Wildman–Crippen LogP) is 1.10. The Morgan fingerprint density at radius 2 is 2.25 bits per heavy atom. The zero-order valence-electron chi connectivity index (χ0n) is 7.85. The molecule has 7 nitrogen and oxygen atoms in total. The van der Waals surface area contributed by atoms with Crippen LogP contribution in [0.1, 0.15) is 0 Å². The van der Waals surface area contributed by atoms with Gasteiger partial charge < -0.3 is 5.73 Å². The molecule has 0 spiro atoms. The minimum atomic E-state index is -0.697. The van der Waals surface area contributed by atoms with Crippen LogP contribution in [-0.4, -0.2) is 20.1 Å². The van der Waals surface area contributed by atoms with Gasteiger partial charge >= 0.3 is 0 Å². The fourth-order valence-electron chi connectivity index (χ4n) is 1.25. The van der Waals surface area contributed by atoms with Gasteiger partial charge in [-0.2, -0.15) is 4.98 Å². The Morgan fingerprint density at radius 3 is 2.81 bits per heavy atom. The van der Waals surface area contributed by atoms with Crippen molar-refractivity contribution >= 4 is 11.6 Å². The summed E-state index contributed by atoms with van der Waals surface area (Å²) in [5.74, 6) is -0.597. The highest BCUT2D eigenvalue weighted by Crippen LogP contribution is 2.27. The molecule has 1 aromatic carbocycles. The molecule has 2 rings (SSSR count). The molecule has 8 heteroatoms. The average Bonchev–Trinajstić information content (AvgIpc) is 2.64. The molecule has 0 saturated carbocycles. The molecule has 0 aliphatic heterocycles. The lowest BCUT2D eigenvalue weighted by Gasteiger charge is -1.98. The number of hydrogen-bond acceptors (Lipinski definition) is 5. The SMILES string of the molecule is Nc1n[nH]c(-c2ccc(F)cc2[N+](=O)[O-])n1. The minimum absolute atomic E-state index is 0.0337. The zero-order valence-corrected chi connectivity index (χ0v) is 7.85. The van der Waals surface area contributed by atoms with E-state index in [1.807, 2.05) is 0 Å². The zero-order chi connectivity index (χ0) is 11.7. The number of benzene rings is 1. The van der Waals surface area contributed by atoms with E-state index in [0.29, 0.717) is 0 Å². The van der Waals surface area contributed by atoms with E-state index >= 15 is 0 Å². The maximum absolute atomic E-state index is 12.9. The van der Waals surface area contributed by atoms with E-state index in [0.717, 1.165) is 12.1 Å². The number of halogens is 1. The van der Waals surface area contributed by atoms with Crippen LogP contribution in [0.3, 0.4) is 0 Å². The average molecular weight is 223 g/mol. The Labute approximate surface area is 88.3 Å². The van der Waals surface area contributed by atoms with E-state index < -0.39 is 16.4 Å². The number of H-pyrrole nitrogens is 1. The molecule has 0 aliphatic carbocycles. The first-order valence-corrected chi connectivity index (χ1v) is 4.20. The molecule has 0 unspecified atom stereocenters. The number of aromatic nitrogens is 3. The van der Waals surface area contributed by atoms with Crippen LogP contribution in [0, 0.1) is 15.9 Å². The van der Waals surface area contributed by atoms with Crippen molar-refractivity contribution in [3.8, 4) is 11.4 Å². The number of nitrogens with two attached hydrogens (primary N) is 1. The van der Waals surface area contributed by atoms with Crippen LogP contribution < -0.4 is 5.73 Å². The van der Waals surface area contributed by atoms with Crippen molar-refractivity contribution in [3.63, 3.8) is 0 Å². The van der Waals surface area contributed by atoms with Crippen LogP contribution >= 0.6 is 0 Å². The molecular weight excluding hydrogens is 217 g/mol. The lowest BCUT2D eigenvalue weighted by molar-refractivity contribution is -0.384. The lowest BCUT2D eigenvalue weighted by Crippen LogP contribution is -1.94. The molecule has 82 valence electrons. The second-order valence-electron chi connectivity index (χ2n) is 2.96. The first-order valence-electron chi connectivity index (χ1n) is 4.20. The third-order valence-corrected chi connectivity index (χ3v) is 1.91. The van der Waals surface area contributed by atoms with Crippen molar-refractivity contribution in [1.29, 1.82) is 0 Å². The van der Waals surface area contributed by atoms with E-state index in [9.17, 15) is 14.5 Å². The fourth-order valence-corrected chi connectivity index (χ4v) is 1.25. The molecular formula is C8H6FN5O2. The number of nitrogens with one attached hydrogen (secondary N) is 1. The number of aromatic amines is 1. The Morgan fingerprint density at radius 1 is 1.50 bits per heavy atom. The Hall–Kier alpha value is -2.51. The summed E-state index contributed by atoms with van der Waals surface area (Å²) in [7, 11) is 0. The number of anilines is 1. The number of nitrogen functional groups attached to an aromatic ring is 1. The van der Waals surface area contributed by atoms with E-state index in [-0.39, 0.29) is 17.3 Å². The maximum atomic E-state index is 12.9. The molecule has 16 heavy (non-hydrogen) atoms. The van der Waals surface area contributed by atoms with Crippen molar-refractivity contribution in [2.24, 2.45) is 0 Å². The summed E-state index contributed by atoms with van der Waals surface area (Å²) < 4.78 is 12.9. The van der Waals surface area contributed by atoms with Crippen LogP contribution in [0.5, 0.6) is 0 Å². The van der Waals surface area contributed by atoms with Crippen molar-refractivity contribution in [2.45, 2.75) is 0 Å². The minimum Gasteiger partial charge on any atom is -0.366 e. The number of rotatable bonds is 2. The number of hydrogen-bond donors (Lipinski definition) is 2. The predicted molar refractivity (Wildman–Crippen MR) is 52.8 cm³/mol. The smallest absolute Gasteiger partial charge is 0.283 e. The third kappa shape index (κ3) is 1.67.